The first-order valence-electron chi connectivity index (χ1n) is 11.8. The fourth-order valence-corrected chi connectivity index (χ4v) is 6.92. The molecule has 2 fully saturated rings. The van der Waals surface area contributed by atoms with Crippen molar-refractivity contribution in [3.63, 3.8) is 0 Å². The Morgan fingerprint density at radius 1 is 0.878 bits per heavy atom. The van der Waals surface area contributed by atoms with Gasteiger partial charge >= 0.3 is 11.4 Å². The number of carbonyl (C=O) groups is 2. The van der Waals surface area contributed by atoms with Crippen molar-refractivity contribution in [2.45, 2.75) is 34.7 Å². The van der Waals surface area contributed by atoms with Crippen LogP contribution in [0.2, 0.25) is 0 Å². The zero-order valence-electron chi connectivity index (χ0n) is 20.5. The molecule has 1 aromatic heterocycles. The number of phenols is 1. The van der Waals surface area contributed by atoms with Gasteiger partial charge in [-0.05, 0) is 11.6 Å². The number of imide groups is 1. The monoisotopic (exact) mass is 616 g/mol. The van der Waals surface area contributed by atoms with Gasteiger partial charge in [-0.3, -0.25) is 9.59 Å². The summed E-state index contributed by atoms with van der Waals surface area (Å²) in [6.07, 6.45) is 0.718. The van der Waals surface area contributed by atoms with Crippen molar-refractivity contribution in [2.24, 2.45) is 7.05 Å². The Morgan fingerprint density at radius 3 is 2.07 bits per heavy atom. The van der Waals surface area contributed by atoms with Crippen LogP contribution in [0.3, 0.4) is 0 Å². The first kappa shape index (κ1) is 27.3. The van der Waals surface area contributed by atoms with E-state index in [2.05, 4.69) is 0 Å². The normalized spacial score (nSPS) is 27.0. The van der Waals surface area contributed by atoms with E-state index >= 15 is 0 Å². The second-order valence-electron chi connectivity index (χ2n) is 9.84. The van der Waals surface area contributed by atoms with Crippen LogP contribution in [0.25, 0.3) is 0 Å². The minimum Gasteiger partial charge on any atom is -0.508 e. The average molecular weight is 617 g/mol. The predicted molar refractivity (Wildman–Crippen MR) is 132 cm³/mol. The van der Waals surface area contributed by atoms with Gasteiger partial charge in [0.2, 0.25) is 5.82 Å². The van der Waals surface area contributed by atoms with Gasteiger partial charge < -0.3 is 5.11 Å². The molecule has 1 saturated heterocycles. The highest BCUT2D eigenvalue weighted by Crippen LogP contribution is 2.64. The lowest BCUT2D eigenvalue weighted by atomic mass is 9.64. The fourth-order valence-electron chi connectivity index (χ4n) is 6.02. The van der Waals surface area contributed by atoms with E-state index in [-0.39, 0.29) is 22.6 Å². The number of rotatable bonds is 2. The van der Waals surface area contributed by atoms with Crippen LogP contribution < -0.4 is 16.3 Å². The lowest BCUT2D eigenvalue weighted by Crippen LogP contribution is -2.59. The Labute approximate surface area is 235 Å². The molecule has 3 aromatic rings. The largest absolute Gasteiger partial charge is 0.508 e. The van der Waals surface area contributed by atoms with Crippen LogP contribution in [0.1, 0.15) is 23.9 Å². The number of nitrogens with zero attached hydrogens (tertiary/aromatic N) is 4. The molecule has 0 radical (unpaired) electrons. The fraction of sp³-hybridized carbons (Fsp3) is 0.280. The van der Waals surface area contributed by atoms with Crippen molar-refractivity contribution in [2.75, 3.05) is 4.90 Å². The third-order valence-electron chi connectivity index (χ3n) is 7.93. The molecule has 214 valence electrons. The first-order valence-corrected chi connectivity index (χ1v) is 12.6. The quantitative estimate of drug-likeness (QED) is 0.119. The molecular weight excluding hydrogens is 602 g/mol. The summed E-state index contributed by atoms with van der Waals surface area (Å²) < 4.78 is 74.7. The third-order valence-corrected chi connectivity index (χ3v) is 9.34. The Hall–Kier alpha value is -3.91. The van der Waals surface area contributed by atoms with Crippen LogP contribution in [-0.2, 0) is 23.2 Å². The second-order valence-corrected chi connectivity index (χ2v) is 11.1. The van der Waals surface area contributed by atoms with Gasteiger partial charge in [0.1, 0.15) is 11.4 Å². The molecule has 0 bridgehead atoms. The molecule has 9 nitrogen and oxygen atoms in total. The number of aromatic hydroxyl groups is 1. The number of carbonyl (C=O) groups excluding carboxylic acids is 2. The summed E-state index contributed by atoms with van der Waals surface area (Å²) in [5, 5.41) is 10.8. The lowest BCUT2D eigenvalue weighted by Gasteiger charge is -2.49. The smallest absolute Gasteiger partial charge is 0.347 e. The summed E-state index contributed by atoms with van der Waals surface area (Å²) in [7, 11) is 1.20. The van der Waals surface area contributed by atoms with E-state index in [1.54, 1.807) is 0 Å². The van der Waals surface area contributed by atoms with Crippen LogP contribution in [0.5, 0.6) is 5.75 Å². The second kappa shape index (κ2) is 8.55. The molecule has 4 atom stereocenters. The van der Waals surface area contributed by atoms with Crippen molar-refractivity contribution in [1.29, 1.82) is 0 Å². The van der Waals surface area contributed by atoms with Gasteiger partial charge in [0.25, 0.3) is 11.8 Å². The molecule has 6 rings (SSSR count). The van der Waals surface area contributed by atoms with Crippen molar-refractivity contribution in [3.05, 3.63) is 91.5 Å². The van der Waals surface area contributed by atoms with E-state index in [0.29, 0.717) is 0 Å². The maximum atomic E-state index is 14.9. The molecule has 1 saturated carbocycles. The molecule has 16 heteroatoms. The molecule has 1 N–H and O–H groups in total. The van der Waals surface area contributed by atoms with E-state index in [1.165, 1.54) is 37.4 Å². The zero-order chi connectivity index (χ0) is 29.9. The van der Waals surface area contributed by atoms with Crippen LogP contribution in [-0.4, -0.2) is 40.6 Å². The number of hydrogen-bond acceptors (Lipinski definition) is 5. The summed E-state index contributed by atoms with van der Waals surface area (Å²) in [6, 6.07) is 4.13. The van der Waals surface area contributed by atoms with E-state index < -0.39 is 91.8 Å². The number of fused-ring (bicyclic) bond motifs is 4. The maximum Gasteiger partial charge on any atom is 0.347 e. The topological polar surface area (TPSA) is 107 Å². The Bertz CT molecular complexity index is 1860. The number of alkyl halides is 2. The van der Waals surface area contributed by atoms with Gasteiger partial charge in [-0.2, -0.15) is 0 Å². The highest BCUT2D eigenvalue weighted by molar-refractivity contribution is 6.58. The predicted octanol–water partition coefficient (Wildman–Crippen LogP) is 2.95. The Balaban J connectivity index is 1.67. The number of amides is 2. The number of hydrogen-bond donors (Lipinski definition) is 1. The maximum absolute atomic E-state index is 14.9. The Kier molecular flexibility index (Phi) is 5.69. The zero-order valence-corrected chi connectivity index (χ0v) is 22.0. The van der Waals surface area contributed by atoms with E-state index in [0.717, 1.165) is 13.9 Å². The van der Waals surface area contributed by atoms with Gasteiger partial charge in [0, 0.05) is 24.9 Å². The number of para-hydroxylation sites is 1. The molecule has 0 spiro atoms. The van der Waals surface area contributed by atoms with E-state index in [9.17, 15) is 46.2 Å². The number of anilines is 1. The number of allylic oxidation sites excluding steroid dienone is 2. The van der Waals surface area contributed by atoms with Crippen LogP contribution in [0.15, 0.2) is 45.5 Å². The molecule has 2 amide bonds. The lowest BCUT2D eigenvalue weighted by molar-refractivity contribution is -0.122. The van der Waals surface area contributed by atoms with Crippen LogP contribution >= 0.6 is 23.2 Å². The van der Waals surface area contributed by atoms with Gasteiger partial charge in [0.05, 0.1) is 12.6 Å². The van der Waals surface area contributed by atoms with Crippen molar-refractivity contribution < 1.29 is 36.6 Å². The molecular formula is C25H15Cl2F5N4O5. The molecule has 3 aliphatic rings. The Morgan fingerprint density at radius 2 is 1.46 bits per heavy atom. The van der Waals surface area contributed by atoms with Crippen LogP contribution in [0.4, 0.5) is 27.6 Å². The molecule has 2 aromatic carbocycles. The van der Waals surface area contributed by atoms with E-state index in [4.69, 9.17) is 23.2 Å². The molecule has 2 aliphatic heterocycles. The average Bonchev–Trinajstić information content (AvgIpc) is 3.25. The van der Waals surface area contributed by atoms with Crippen molar-refractivity contribution in [3.8, 4) is 5.75 Å². The highest BCUT2D eigenvalue weighted by Gasteiger charge is 2.76. The standard InChI is InChI=1S/C25H15Cl2F5N4O5/c1-33-22(40)34-7-6-9-11(36(34)23(33)41)8-24(26)20(38)35(19-17(31)15(29)14(28)16(30)18(19)32)21(39)25(24,27)13(9)10-4-2-3-5-12(10)37/h2-6,11,13,37H,7-8H2,1H3/t11-,13-,24-,25+/m1/s1. The third kappa shape index (κ3) is 3.11. The van der Waals surface area contributed by atoms with Gasteiger partial charge in [-0.15, -0.1) is 23.2 Å². The minimum absolute atomic E-state index is 0.0938. The molecule has 41 heavy (non-hydrogen) atoms. The summed E-state index contributed by atoms with van der Waals surface area (Å²) in [5.74, 6) is -17.6. The van der Waals surface area contributed by atoms with Gasteiger partial charge in [-0.25, -0.2) is 50.4 Å². The van der Waals surface area contributed by atoms with Gasteiger partial charge in [0.15, 0.2) is 33.0 Å². The molecule has 0 unspecified atom stereocenters. The number of benzene rings is 2. The minimum atomic E-state index is -2.71. The van der Waals surface area contributed by atoms with Crippen molar-refractivity contribution >= 4 is 40.7 Å². The van der Waals surface area contributed by atoms with Crippen molar-refractivity contribution in [1.82, 2.24) is 13.9 Å². The summed E-state index contributed by atoms with van der Waals surface area (Å²) >= 11 is 13.8. The van der Waals surface area contributed by atoms with Crippen LogP contribution in [0, 0.1) is 29.1 Å². The number of aromatic nitrogens is 3. The summed E-state index contributed by atoms with van der Waals surface area (Å²) in [6.45, 7) is -0.212. The van der Waals surface area contributed by atoms with Gasteiger partial charge in [-0.1, -0.05) is 24.3 Å². The number of halogens is 7. The summed E-state index contributed by atoms with van der Waals surface area (Å²) in [5.41, 5.74) is -3.40. The first-order chi connectivity index (χ1) is 19.2. The van der Waals surface area contributed by atoms with E-state index in [1.807, 2.05) is 0 Å². The molecule has 1 aliphatic carbocycles. The highest BCUT2D eigenvalue weighted by atomic mass is 35.5. The SMILES string of the molecule is Cn1c(=O)n2n(c1=O)[C@@H]1C[C@@]3(Cl)C(=O)N(c4c(F)c(F)c(F)c(F)c4F)C(=O)[C@@]3(Cl)[C@@H](c3ccccc3O)C1=CC2. The molecule has 3 heterocycles. The number of phenolic OH excluding ortho intramolecular Hbond substituents is 1. The summed E-state index contributed by atoms with van der Waals surface area (Å²) in [4.78, 5) is 47.9.